The molecule has 0 spiro atoms. The van der Waals surface area contributed by atoms with Crippen LogP contribution in [0.3, 0.4) is 0 Å². The molecular formula is C15H14ClF2N. The third-order valence-corrected chi connectivity index (χ3v) is 3.37. The Hall–Kier alpha value is -1.45. The van der Waals surface area contributed by atoms with Gasteiger partial charge in [0, 0.05) is 6.04 Å². The van der Waals surface area contributed by atoms with E-state index in [-0.39, 0.29) is 16.9 Å². The summed E-state index contributed by atoms with van der Waals surface area (Å²) >= 11 is 5.62. The lowest BCUT2D eigenvalue weighted by Crippen LogP contribution is -2.13. The third kappa shape index (κ3) is 3.31. The summed E-state index contributed by atoms with van der Waals surface area (Å²) < 4.78 is 26.8. The van der Waals surface area contributed by atoms with Crippen LogP contribution in [-0.4, -0.2) is 0 Å². The summed E-state index contributed by atoms with van der Waals surface area (Å²) in [6.45, 7) is 1.69. The van der Waals surface area contributed by atoms with E-state index < -0.39 is 5.82 Å². The number of halogens is 3. The zero-order chi connectivity index (χ0) is 14.0. The lowest BCUT2D eigenvalue weighted by molar-refractivity contribution is 0.607. The van der Waals surface area contributed by atoms with E-state index in [1.807, 2.05) is 0 Å². The molecule has 0 saturated carbocycles. The molecule has 1 unspecified atom stereocenters. The van der Waals surface area contributed by atoms with Crippen molar-refractivity contribution in [1.82, 2.24) is 0 Å². The second-order valence-corrected chi connectivity index (χ2v) is 4.97. The van der Waals surface area contributed by atoms with Crippen LogP contribution in [0.4, 0.5) is 8.78 Å². The molecule has 0 fully saturated rings. The van der Waals surface area contributed by atoms with Crippen LogP contribution in [0.15, 0.2) is 36.4 Å². The average molecular weight is 282 g/mol. The highest BCUT2D eigenvalue weighted by molar-refractivity contribution is 6.30. The molecule has 2 aromatic carbocycles. The molecule has 0 bridgehead atoms. The van der Waals surface area contributed by atoms with E-state index in [1.165, 1.54) is 18.2 Å². The Morgan fingerprint density at radius 1 is 1.11 bits per heavy atom. The van der Waals surface area contributed by atoms with Crippen LogP contribution in [-0.2, 0) is 6.42 Å². The van der Waals surface area contributed by atoms with Crippen molar-refractivity contribution >= 4 is 11.6 Å². The Bertz CT molecular complexity index is 599. The fraction of sp³-hybridized carbons (Fsp3) is 0.200. The van der Waals surface area contributed by atoms with Gasteiger partial charge in [-0.15, -0.1) is 0 Å². The summed E-state index contributed by atoms with van der Waals surface area (Å²) in [4.78, 5) is 0. The van der Waals surface area contributed by atoms with Crippen LogP contribution < -0.4 is 5.73 Å². The lowest BCUT2D eigenvalue weighted by atomic mass is 9.98. The number of rotatable bonds is 3. The summed E-state index contributed by atoms with van der Waals surface area (Å²) in [5.74, 6) is -0.753. The maximum Gasteiger partial charge on any atom is 0.142 e. The first kappa shape index (κ1) is 14.0. The van der Waals surface area contributed by atoms with Crippen molar-refractivity contribution in [3.8, 4) is 0 Å². The number of hydrogen-bond acceptors (Lipinski definition) is 1. The summed E-state index contributed by atoms with van der Waals surface area (Å²) in [6.07, 6.45) is 0.427. The monoisotopic (exact) mass is 281 g/mol. The molecule has 2 aromatic rings. The molecule has 4 heteroatoms. The predicted octanol–water partition coefficient (Wildman–Crippen LogP) is 4.17. The zero-order valence-electron chi connectivity index (χ0n) is 10.5. The first-order chi connectivity index (χ1) is 8.97. The largest absolute Gasteiger partial charge is 0.324 e. The van der Waals surface area contributed by atoms with Gasteiger partial charge in [-0.2, -0.15) is 0 Å². The first-order valence-corrected chi connectivity index (χ1v) is 6.30. The second kappa shape index (κ2) is 5.68. The van der Waals surface area contributed by atoms with E-state index in [0.29, 0.717) is 17.5 Å². The van der Waals surface area contributed by atoms with E-state index in [9.17, 15) is 8.78 Å². The highest BCUT2D eigenvalue weighted by Gasteiger charge is 2.10. The summed E-state index contributed by atoms with van der Waals surface area (Å²) in [7, 11) is 0. The van der Waals surface area contributed by atoms with Crippen LogP contribution in [0.2, 0.25) is 5.02 Å². The van der Waals surface area contributed by atoms with Crippen molar-refractivity contribution in [2.24, 2.45) is 5.73 Å². The van der Waals surface area contributed by atoms with Gasteiger partial charge in [-0.1, -0.05) is 29.8 Å². The minimum absolute atomic E-state index is 0.0821. The first-order valence-electron chi connectivity index (χ1n) is 5.93. The van der Waals surface area contributed by atoms with E-state index in [0.717, 1.165) is 5.56 Å². The minimum atomic E-state index is -0.471. The molecule has 0 aliphatic heterocycles. The van der Waals surface area contributed by atoms with Crippen LogP contribution in [0.1, 0.15) is 22.7 Å². The molecule has 0 aliphatic rings. The molecule has 0 aliphatic carbocycles. The molecule has 19 heavy (non-hydrogen) atoms. The van der Waals surface area contributed by atoms with Gasteiger partial charge in [-0.3, -0.25) is 0 Å². The minimum Gasteiger partial charge on any atom is -0.324 e. The van der Waals surface area contributed by atoms with Crippen molar-refractivity contribution in [3.05, 3.63) is 69.7 Å². The smallest absolute Gasteiger partial charge is 0.142 e. The summed E-state index contributed by atoms with van der Waals surface area (Å²) in [5, 5.41) is 0.0821. The van der Waals surface area contributed by atoms with Gasteiger partial charge < -0.3 is 5.73 Å². The highest BCUT2D eigenvalue weighted by atomic mass is 35.5. The molecule has 0 amide bonds. The molecule has 0 radical (unpaired) electrons. The molecule has 0 heterocycles. The number of nitrogens with two attached hydrogens (primary N) is 1. The number of hydrogen-bond donors (Lipinski definition) is 1. The van der Waals surface area contributed by atoms with Crippen molar-refractivity contribution < 1.29 is 8.78 Å². The van der Waals surface area contributed by atoms with Gasteiger partial charge >= 0.3 is 0 Å². The van der Waals surface area contributed by atoms with E-state index >= 15 is 0 Å². The SMILES string of the molecule is Cc1ccc(C(N)Cc2ccc(Cl)c(F)c2)cc1F. The lowest BCUT2D eigenvalue weighted by Gasteiger charge is -2.13. The van der Waals surface area contributed by atoms with Gasteiger partial charge in [0.05, 0.1) is 5.02 Å². The normalized spacial score (nSPS) is 12.5. The Kier molecular flexibility index (Phi) is 4.17. The van der Waals surface area contributed by atoms with Crippen molar-refractivity contribution in [1.29, 1.82) is 0 Å². The van der Waals surface area contributed by atoms with Crippen molar-refractivity contribution in [2.75, 3.05) is 0 Å². The van der Waals surface area contributed by atoms with Gasteiger partial charge in [0.25, 0.3) is 0 Å². The van der Waals surface area contributed by atoms with Gasteiger partial charge in [0.2, 0.25) is 0 Å². The Morgan fingerprint density at radius 2 is 1.84 bits per heavy atom. The molecular weight excluding hydrogens is 268 g/mol. The topological polar surface area (TPSA) is 26.0 Å². The van der Waals surface area contributed by atoms with Gasteiger partial charge in [-0.05, 0) is 48.2 Å². The predicted molar refractivity (Wildman–Crippen MR) is 73.2 cm³/mol. The van der Waals surface area contributed by atoms with Gasteiger partial charge in [0.15, 0.2) is 0 Å². The van der Waals surface area contributed by atoms with Gasteiger partial charge in [-0.25, -0.2) is 8.78 Å². The fourth-order valence-electron chi connectivity index (χ4n) is 1.88. The molecule has 1 atom stereocenters. The maximum atomic E-state index is 13.5. The molecule has 2 N–H and O–H groups in total. The Balaban J connectivity index is 2.17. The van der Waals surface area contributed by atoms with E-state index in [4.69, 9.17) is 17.3 Å². The van der Waals surface area contributed by atoms with Crippen LogP contribution in [0, 0.1) is 18.6 Å². The van der Waals surface area contributed by atoms with Crippen molar-refractivity contribution in [3.63, 3.8) is 0 Å². The third-order valence-electron chi connectivity index (χ3n) is 3.06. The zero-order valence-corrected chi connectivity index (χ0v) is 11.2. The summed E-state index contributed by atoms with van der Waals surface area (Å²) in [5.41, 5.74) is 8.01. The Morgan fingerprint density at radius 3 is 2.47 bits per heavy atom. The Labute approximate surface area is 116 Å². The average Bonchev–Trinajstić information content (AvgIpc) is 2.37. The van der Waals surface area contributed by atoms with Crippen LogP contribution in [0.25, 0.3) is 0 Å². The summed E-state index contributed by atoms with van der Waals surface area (Å²) in [6, 6.07) is 9.09. The van der Waals surface area contributed by atoms with Crippen molar-refractivity contribution in [2.45, 2.75) is 19.4 Å². The van der Waals surface area contributed by atoms with E-state index in [1.54, 1.807) is 25.1 Å². The molecule has 2 rings (SSSR count). The second-order valence-electron chi connectivity index (χ2n) is 4.57. The molecule has 1 nitrogen and oxygen atoms in total. The quantitative estimate of drug-likeness (QED) is 0.898. The molecule has 0 aromatic heterocycles. The molecule has 0 saturated heterocycles. The highest BCUT2D eigenvalue weighted by Crippen LogP contribution is 2.21. The van der Waals surface area contributed by atoms with Crippen LogP contribution in [0.5, 0.6) is 0 Å². The fourth-order valence-corrected chi connectivity index (χ4v) is 2.00. The standard InChI is InChI=1S/C15H14ClF2N/c1-9-2-4-11(8-13(9)17)15(19)7-10-3-5-12(16)14(18)6-10/h2-6,8,15H,7,19H2,1H3. The number of aryl methyl sites for hydroxylation is 1. The van der Waals surface area contributed by atoms with E-state index in [2.05, 4.69) is 0 Å². The van der Waals surface area contributed by atoms with Crippen LogP contribution >= 0.6 is 11.6 Å². The molecule has 100 valence electrons. The number of benzene rings is 2. The van der Waals surface area contributed by atoms with Gasteiger partial charge in [0.1, 0.15) is 11.6 Å². The maximum absolute atomic E-state index is 13.5.